The van der Waals surface area contributed by atoms with Gasteiger partial charge in [-0.2, -0.15) is 0 Å². The van der Waals surface area contributed by atoms with Crippen LogP contribution in [0.25, 0.3) is 0 Å². The largest absolute Gasteiger partial charge is 0.381 e. The Morgan fingerprint density at radius 2 is 1.91 bits per heavy atom. The molecular formula is C25H28N4O4. The third kappa shape index (κ3) is 4.62. The first-order chi connectivity index (χ1) is 20.5. The zero-order valence-electron chi connectivity index (χ0n) is 28.6. The molecule has 0 radical (unpaired) electrons. The first kappa shape index (κ1) is 12.3. The van der Waals surface area contributed by atoms with E-state index in [9.17, 15) is 14.4 Å². The maximum Gasteiger partial charge on any atom is 0.255 e. The molecule has 3 amide bonds. The molecule has 2 aromatic carbocycles. The van der Waals surface area contributed by atoms with Gasteiger partial charge in [-0.3, -0.25) is 24.6 Å². The molecule has 1 unspecified atom stereocenters. The third-order valence-corrected chi connectivity index (χ3v) is 5.56. The molecular weight excluding hydrogens is 420 g/mol. The van der Waals surface area contributed by atoms with Crippen LogP contribution in [-0.4, -0.2) is 59.9 Å². The number of carbonyl (C=O) groups excluding carboxylic acids is 3. The lowest BCUT2D eigenvalue weighted by molar-refractivity contribution is -0.136. The molecule has 33 heavy (non-hydrogen) atoms. The van der Waals surface area contributed by atoms with E-state index in [2.05, 4.69) is 5.32 Å². The average Bonchev–Trinajstić information content (AvgIpc) is 3.30. The van der Waals surface area contributed by atoms with Gasteiger partial charge < -0.3 is 15.0 Å². The van der Waals surface area contributed by atoms with Gasteiger partial charge >= 0.3 is 0 Å². The van der Waals surface area contributed by atoms with Gasteiger partial charge in [-0.15, -0.1) is 0 Å². The fourth-order valence-electron chi connectivity index (χ4n) is 3.90. The molecule has 2 saturated heterocycles. The maximum atomic E-state index is 13.5. The van der Waals surface area contributed by atoms with Crippen molar-refractivity contribution in [1.29, 1.82) is 0 Å². The first-order valence-electron chi connectivity index (χ1n) is 15.9. The molecule has 172 valence electrons. The van der Waals surface area contributed by atoms with Crippen molar-refractivity contribution in [3.05, 3.63) is 64.6 Å². The van der Waals surface area contributed by atoms with E-state index in [4.69, 9.17) is 19.8 Å². The second-order valence-corrected chi connectivity index (χ2v) is 7.73. The normalized spacial score (nSPS) is 29.0. The van der Waals surface area contributed by atoms with Gasteiger partial charge in [-0.1, -0.05) is 30.2 Å². The van der Waals surface area contributed by atoms with Gasteiger partial charge in [0.2, 0.25) is 11.8 Å². The summed E-state index contributed by atoms with van der Waals surface area (Å²) in [7, 11) is 0. The summed E-state index contributed by atoms with van der Waals surface area (Å²) in [5.74, 6) is -3.84. The summed E-state index contributed by atoms with van der Waals surface area (Å²) in [6.45, 7) is 1.31. The Hall–Kier alpha value is -3.23. The Morgan fingerprint density at radius 1 is 1.12 bits per heavy atom. The molecule has 2 aromatic rings. The van der Waals surface area contributed by atoms with E-state index in [0.29, 0.717) is 31.2 Å². The van der Waals surface area contributed by atoms with Crippen molar-refractivity contribution in [1.82, 2.24) is 15.1 Å². The number of imide groups is 1. The predicted octanol–water partition coefficient (Wildman–Crippen LogP) is 1.89. The number of carbonyl (C=O) groups is 3. The molecule has 0 saturated carbocycles. The number of morpholine rings is 1. The number of hydrogen-bond donors (Lipinski definition) is 2. The van der Waals surface area contributed by atoms with Crippen LogP contribution in [0.5, 0.6) is 0 Å². The van der Waals surface area contributed by atoms with Gasteiger partial charge in [-0.25, -0.2) is 0 Å². The van der Waals surface area contributed by atoms with Gasteiger partial charge in [0.05, 0.1) is 22.8 Å². The van der Waals surface area contributed by atoms with Crippen molar-refractivity contribution < 1.29 is 34.2 Å². The van der Waals surface area contributed by atoms with E-state index in [0.717, 1.165) is 0 Å². The lowest BCUT2D eigenvalue weighted by atomic mass is 10.0. The van der Waals surface area contributed by atoms with Crippen LogP contribution in [0.2, 0.25) is 0 Å². The Morgan fingerprint density at radius 3 is 2.76 bits per heavy atom. The van der Waals surface area contributed by atoms with Crippen molar-refractivity contribution in [2.24, 2.45) is 0 Å². The van der Waals surface area contributed by atoms with Crippen LogP contribution in [0.15, 0.2) is 42.3 Å². The number of hydrogen-bond acceptors (Lipinski definition) is 6. The summed E-state index contributed by atoms with van der Waals surface area (Å²) in [4.78, 5) is 40.9. The second-order valence-electron chi connectivity index (χ2n) is 7.73. The van der Waals surface area contributed by atoms with Crippen LogP contribution < -0.4 is 10.6 Å². The molecule has 0 aromatic heterocycles. The maximum absolute atomic E-state index is 13.5. The summed E-state index contributed by atoms with van der Waals surface area (Å²) in [6.07, 6.45) is -6.37. The lowest BCUT2D eigenvalue weighted by Crippen LogP contribution is -2.52. The highest BCUT2D eigenvalue weighted by molar-refractivity contribution is 6.06. The fraction of sp³-hybridized carbons (Fsp3) is 0.400. The molecule has 0 aliphatic carbocycles. The van der Waals surface area contributed by atoms with E-state index in [1.807, 2.05) is 4.90 Å². The van der Waals surface area contributed by atoms with Gasteiger partial charge in [0.25, 0.3) is 5.91 Å². The number of amides is 3. The molecule has 0 bridgehead atoms. The summed E-state index contributed by atoms with van der Waals surface area (Å²) >= 11 is 0. The highest BCUT2D eigenvalue weighted by atomic mass is 16.5. The number of piperidine rings is 1. The Labute approximate surface area is 208 Å². The lowest BCUT2D eigenvalue weighted by Gasteiger charge is -2.29. The monoisotopic (exact) mass is 459 g/mol. The Balaban J connectivity index is 1.52. The SMILES string of the molecule is [2H]c1c([2H])c(CNc2c([2H])c([2H])c([2H])c3c2CN(C2C(=O)NC(=O)C([2H])([2H])C2([2H])[2H])C3=O)c([2H])c(CN2CCOCC2)c1[2H]. The number of benzene rings is 2. The van der Waals surface area contributed by atoms with E-state index in [1.165, 1.54) is 0 Å². The molecule has 0 spiro atoms. The molecule has 8 nitrogen and oxygen atoms in total. The molecule has 5 rings (SSSR count). The number of anilines is 1. The van der Waals surface area contributed by atoms with E-state index in [1.54, 1.807) is 5.32 Å². The number of nitrogens with zero attached hydrogens (tertiary/aromatic N) is 2. The molecule has 2 fully saturated rings. The van der Waals surface area contributed by atoms with Crippen molar-refractivity contribution in [3.63, 3.8) is 0 Å². The smallest absolute Gasteiger partial charge is 0.255 e. The minimum absolute atomic E-state index is 0.0137. The van der Waals surface area contributed by atoms with Crippen LogP contribution in [-0.2, 0) is 34.0 Å². The molecule has 3 aliphatic heterocycles. The highest BCUT2D eigenvalue weighted by Gasteiger charge is 2.39. The highest BCUT2D eigenvalue weighted by Crippen LogP contribution is 2.32. The van der Waals surface area contributed by atoms with Crippen molar-refractivity contribution in [3.8, 4) is 0 Å². The summed E-state index contributed by atoms with van der Waals surface area (Å²) in [5.41, 5.74) is -0.402. The molecule has 8 heteroatoms. The topological polar surface area (TPSA) is 91.0 Å². The number of rotatable bonds is 6. The van der Waals surface area contributed by atoms with Crippen molar-refractivity contribution in [2.45, 2.75) is 38.4 Å². The van der Waals surface area contributed by atoms with Crippen molar-refractivity contribution >= 4 is 23.4 Å². The Bertz CT molecular complexity index is 1600. The quantitative estimate of drug-likeness (QED) is 0.641. The van der Waals surface area contributed by atoms with E-state index < -0.39 is 78.8 Å². The first-order valence-corrected chi connectivity index (χ1v) is 10.4. The minimum atomic E-state index is -3.20. The van der Waals surface area contributed by atoms with E-state index >= 15 is 0 Å². The summed E-state index contributed by atoms with van der Waals surface area (Å²) < 4.78 is 96.8. The van der Waals surface area contributed by atoms with Crippen LogP contribution >= 0.6 is 0 Å². The predicted molar refractivity (Wildman–Crippen MR) is 122 cm³/mol. The van der Waals surface area contributed by atoms with Crippen LogP contribution in [0, 0.1) is 0 Å². The number of ether oxygens (including phenoxy) is 1. The van der Waals surface area contributed by atoms with Gasteiger partial charge in [0.15, 0.2) is 0 Å². The van der Waals surface area contributed by atoms with E-state index in [-0.39, 0.29) is 47.6 Å². The molecule has 3 heterocycles. The van der Waals surface area contributed by atoms with Gasteiger partial charge in [-0.05, 0) is 29.6 Å². The average molecular weight is 460 g/mol. The van der Waals surface area contributed by atoms with Crippen LogP contribution in [0.4, 0.5) is 5.69 Å². The summed E-state index contributed by atoms with van der Waals surface area (Å²) in [6, 6.07) is -5.22. The van der Waals surface area contributed by atoms with Gasteiger partial charge in [0.1, 0.15) is 6.04 Å². The number of nitrogens with one attached hydrogen (secondary N) is 2. The second kappa shape index (κ2) is 9.33. The molecule has 1 atom stereocenters. The van der Waals surface area contributed by atoms with Crippen LogP contribution in [0.1, 0.15) is 54.9 Å². The van der Waals surface area contributed by atoms with Gasteiger partial charge in [0, 0.05) is 61.4 Å². The zero-order valence-corrected chi connectivity index (χ0v) is 17.6. The number of fused-ring (bicyclic) bond motifs is 1. The fourth-order valence-corrected chi connectivity index (χ4v) is 3.90. The zero-order chi connectivity index (χ0) is 32.5. The molecule has 3 aliphatic rings. The molecule has 2 N–H and O–H groups in total. The summed E-state index contributed by atoms with van der Waals surface area (Å²) in [5, 5.41) is 4.59. The third-order valence-electron chi connectivity index (χ3n) is 5.56. The minimum Gasteiger partial charge on any atom is -0.381 e. The Kier molecular flexibility index (Phi) is 3.48. The van der Waals surface area contributed by atoms with Crippen molar-refractivity contribution in [2.75, 3.05) is 31.6 Å². The standard InChI is InChI=1S/C25H28N4O4/c30-23-8-7-22(24(31)27-23)29-16-20-19(25(29)32)5-2-6-21(20)26-14-17-3-1-4-18(13-17)15-28-9-11-33-12-10-28/h1-6,13,22,26H,7-12,14-16H2,(H,27,30,31)/i1D,2D,3D,4D,5D,6D,7D2,8D2,13D. The van der Waals surface area contributed by atoms with Crippen LogP contribution in [0.3, 0.4) is 0 Å².